The van der Waals surface area contributed by atoms with E-state index in [4.69, 9.17) is 11.6 Å². The normalized spacial score (nSPS) is 27.7. The highest BCUT2D eigenvalue weighted by atomic mass is 35.5. The lowest BCUT2D eigenvalue weighted by Gasteiger charge is -2.44. The van der Waals surface area contributed by atoms with Crippen molar-refractivity contribution in [2.24, 2.45) is 5.92 Å². The van der Waals surface area contributed by atoms with Crippen LogP contribution in [0.1, 0.15) is 24.8 Å². The topological polar surface area (TPSA) is 20.3 Å². The van der Waals surface area contributed by atoms with Crippen LogP contribution in [0.15, 0.2) is 24.3 Å². The zero-order valence-electron chi connectivity index (χ0n) is 10.4. The van der Waals surface area contributed by atoms with Gasteiger partial charge < -0.3 is 0 Å². The molecule has 2 aliphatic heterocycles. The SMILES string of the molecule is O=C1CC2CCC1CN2CCc1ccc(Cl)cc1. The number of ketones is 1. The van der Waals surface area contributed by atoms with E-state index in [-0.39, 0.29) is 0 Å². The van der Waals surface area contributed by atoms with Crippen LogP contribution in [-0.4, -0.2) is 29.8 Å². The molecule has 18 heavy (non-hydrogen) atoms. The van der Waals surface area contributed by atoms with Crippen molar-refractivity contribution in [3.8, 4) is 0 Å². The number of carbonyl (C=O) groups excluding carboxylic acids is 1. The molecule has 0 radical (unpaired) electrons. The Hall–Kier alpha value is -0.860. The minimum Gasteiger partial charge on any atom is -0.299 e. The number of Topliss-reactive ketones (excluding diaryl/α,β-unsaturated/α-hetero) is 1. The smallest absolute Gasteiger partial charge is 0.138 e. The number of benzene rings is 1. The molecule has 0 aromatic heterocycles. The second kappa shape index (κ2) is 5.02. The van der Waals surface area contributed by atoms with Crippen LogP contribution in [0.5, 0.6) is 0 Å². The van der Waals surface area contributed by atoms with Gasteiger partial charge in [0.1, 0.15) is 5.78 Å². The quantitative estimate of drug-likeness (QED) is 0.836. The molecule has 1 aromatic carbocycles. The lowest BCUT2D eigenvalue weighted by atomic mass is 9.79. The molecule has 2 bridgehead atoms. The Balaban J connectivity index is 1.58. The van der Waals surface area contributed by atoms with E-state index >= 15 is 0 Å². The minimum absolute atomic E-state index is 0.320. The van der Waals surface area contributed by atoms with Gasteiger partial charge in [0.2, 0.25) is 0 Å². The van der Waals surface area contributed by atoms with Gasteiger partial charge in [0, 0.05) is 36.5 Å². The predicted molar refractivity (Wildman–Crippen MR) is 72.9 cm³/mol. The van der Waals surface area contributed by atoms with E-state index in [1.54, 1.807) is 0 Å². The molecule has 3 heteroatoms. The van der Waals surface area contributed by atoms with Gasteiger partial charge in [-0.05, 0) is 37.0 Å². The molecule has 4 rings (SSSR count). The van der Waals surface area contributed by atoms with Crippen LogP contribution in [-0.2, 0) is 11.2 Å². The summed E-state index contributed by atoms with van der Waals surface area (Å²) in [6.45, 7) is 2.05. The summed E-state index contributed by atoms with van der Waals surface area (Å²) in [5.41, 5.74) is 1.33. The lowest BCUT2D eigenvalue weighted by molar-refractivity contribution is -0.132. The van der Waals surface area contributed by atoms with Crippen molar-refractivity contribution in [1.29, 1.82) is 0 Å². The van der Waals surface area contributed by atoms with Crippen molar-refractivity contribution in [2.45, 2.75) is 31.7 Å². The van der Waals surface area contributed by atoms with Crippen LogP contribution in [0.25, 0.3) is 0 Å². The maximum atomic E-state index is 11.7. The van der Waals surface area contributed by atoms with E-state index in [1.165, 1.54) is 12.0 Å². The number of nitrogens with zero attached hydrogens (tertiary/aromatic N) is 1. The molecule has 1 saturated carbocycles. The Morgan fingerprint density at radius 3 is 2.61 bits per heavy atom. The summed E-state index contributed by atoms with van der Waals surface area (Å²) < 4.78 is 0. The first kappa shape index (κ1) is 12.2. The van der Waals surface area contributed by atoms with Gasteiger partial charge in [-0.25, -0.2) is 0 Å². The number of fused-ring (bicyclic) bond motifs is 3. The predicted octanol–water partition coefficient (Wildman–Crippen LogP) is 2.94. The molecule has 2 atom stereocenters. The molecule has 2 nitrogen and oxygen atoms in total. The van der Waals surface area contributed by atoms with Gasteiger partial charge in [-0.3, -0.25) is 9.69 Å². The average Bonchev–Trinajstić information content (AvgIpc) is 2.39. The monoisotopic (exact) mass is 263 g/mol. The fraction of sp³-hybridized carbons (Fsp3) is 0.533. The zero-order chi connectivity index (χ0) is 12.5. The van der Waals surface area contributed by atoms with E-state index < -0.39 is 0 Å². The largest absolute Gasteiger partial charge is 0.299 e. The van der Waals surface area contributed by atoms with Crippen molar-refractivity contribution in [2.75, 3.05) is 13.1 Å². The molecule has 2 saturated heterocycles. The summed E-state index contributed by atoms with van der Waals surface area (Å²) in [5, 5.41) is 0.793. The zero-order valence-corrected chi connectivity index (χ0v) is 11.2. The second-order valence-electron chi connectivity index (χ2n) is 5.47. The summed E-state index contributed by atoms with van der Waals surface area (Å²) in [6, 6.07) is 8.59. The van der Waals surface area contributed by atoms with Gasteiger partial charge in [0.15, 0.2) is 0 Å². The highest BCUT2D eigenvalue weighted by molar-refractivity contribution is 6.30. The van der Waals surface area contributed by atoms with Crippen molar-refractivity contribution in [1.82, 2.24) is 4.90 Å². The number of carbonyl (C=O) groups is 1. The maximum absolute atomic E-state index is 11.7. The molecule has 3 aliphatic rings. The van der Waals surface area contributed by atoms with E-state index in [1.807, 2.05) is 12.1 Å². The van der Waals surface area contributed by atoms with Crippen LogP contribution < -0.4 is 0 Å². The molecule has 0 spiro atoms. The highest BCUT2D eigenvalue weighted by Crippen LogP contribution is 2.32. The number of hydrogen-bond donors (Lipinski definition) is 0. The first-order valence-electron chi connectivity index (χ1n) is 6.73. The summed E-state index contributed by atoms with van der Waals surface area (Å²) >= 11 is 5.88. The lowest BCUT2D eigenvalue weighted by Crippen LogP contribution is -2.52. The first-order valence-corrected chi connectivity index (χ1v) is 7.11. The van der Waals surface area contributed by atoms with E-state index in [9.17, 15) is 4.79 Å². The van der Waals surface area contributed by atoms with Crippen molar-refractivity contribution >= 4 is 17.4 Å². The number of rotatable bonds is 3. The Kier molecular flexibility index (Phi) is 3.40. The number of halogens is 1. The Bertz CT molecular complexity index is 442. The molecule has 1 aliphatic carbocycles. The summed E-state index contributed by atoms with van der Waals surface area (Å²) in [4.78, 5) is 14.2. The number of hydrogen-bond acceptors (Lipinski definition) is 2. The van der Waals surface area contributed by atoms with Crippen LogP contribution in [0.4, 0.5) is 0 Å². The van der Waals surface area contributed by atoms with Crippen LogP contribution in [0.3, 0.4) is 0 Å². The van der Waals surface area contributed by atoms with Gasteiger partial charge in [-0.2, -0.15) is 0 Å². The van der Waals surface area contributed by atoms with Crippen LogP contribution in [0, 0.1) is 5.92 Å². The average molecular weight is 264 g/mol. The van der Waals surface area contributed by atoms with E-state index in [0.717, 1.165) is 37.4 Å². The molecule has 3 fully saturated rings. The fourth-order valence-electron chi connectivity index (χ4n) is 3.19. The first-order chi connectivity index (χ1) is 8.72. The van der Waals surface area contributed by atoms with Crippen LogP contribution in [0.2, 0.25) is 5.02 Å². The standard InChI is InChI=1S/C15H18ClNO/c16-13-4-1-11(2-5-13)7-8-17-10-12-3-6-14(17)9-15(12)18/h1-2,4-5,12,14H,3,6-10H2. The highest BCUT2D eigenvalue weighted by Gasteiger charge is 2.38. The Labute approximate surface area is 113 Å². The third kappa shape index (κ3) is 2.45. The summed E-state index contributed by atoms with van der Waals surface area (Å²) in [6.07, 6.45) is 4.15. The molecule has 0 N–H and O–H groups in total. The van der Waals surface area contributed by atoms with Gasteiger partial charge in [-0.15, -0.1) is 0 Å². The number of piperidine rings is 2. The maximum Gasteiger partial charge on any atom is 0.138 e. The molecular formula is C15H18ClNO. The van der Waals surface area contributed by atoms with Crippen molar-refractivity contribution in [3.05, 3.63) is 34.9 Å². The third-order valence-corrected chi connectivity index (χ3v) is 4.56. The van der Waals surface area contributed by atoms with E-state index in [0.29, 0.717) is 17.7 Å². The third-order valence-electron chi connectivity index (χ3n) is 4.31. The fourth-order valence-corrected chi connectivity index (χ4v) is 3.32. The Morgan fingerprint density at radius 2 is 2.00 bits per heavy atom. The summed E-state index contributed by atoms with van der Waals surface area (Å²) in [7, 11) is 0. The van der Waals surface area contributed by atoms with Crippen LogP contribution >= 0.6 is 11.6 Å². The van der Waals surface area contributed by atoms with Crippen molar-refractivity contribution in [3.63, 3.8) is 0 Å². The Morgan fingerprint density at radius 1 is 1.22 bits per heavy atom. The van der Waals surface area contributed by atoms with Gasteiger partial charge in [0.05, 0.1) is 0 Å². The molecule has 0 amide bonds. The molecule has 2 heterocycles. The summed E-state index contributed by atoms with van der Waals surface area (Å²) in [5.74, 6) is 0.814. The molecule has 2 unspecified atom stereocenters. The van der Waals surface area contributed by atoms with Gasteiger partial charge in [-0.1, -0.05) is 23.7 Å². The molecule has 96 valence electrons. The molecular weight excluding hydrogens is 246 g/mol. The van der Waals surface area contributed by atoms with E-state index in [2.05, 4.69) is 17.0 Å². The van der Waals surface area contributed by atoms with Crippen molar-refractivity contribution < 1.29 is 4.79 Å². The second-order valence-corrected chi connectivity index (χ2v) is 5.91. The van der Waals surface area contributed by atoms with Gasteiger partial charge >= 0.3 is 0 Å². The molecule has 1 aromatic rings. The minimum atomic E-state index is 0.320. The van der Waals surface area contributed by atoms with Gasteiger partial charge in [0.25, 0.3) is 0 Å².